The molecule has 3 heterocycles. The monoisotopic (exact) mass is 401 g/mol. The molecule has 6 nitrogen and oxygen atoms in total. The number of nitrogens with one attached hydrogen (secondary N) is 2. The minimum absolute atomic E-state index is 0.0360. The first-order valence-corrected chi connectivity index (χ1v) is 11.7. The van der Waals surface area contributed by atoms with E-state index in [-0.39, 0.29) is 11.5 Å². The number of amides is 1. The van der Waals surface area contributed by atoms with E-state index in [2.05, 4.69) is 9.88 Å². The molecule has 5 rings (SSSR count). The zero-order valence-electron chi connectivity index (χ0n) is 16.4. The smallest absolute Gasteiger partial charge is 0.260 e. The molecule has 1 saturated carbocycles. The first-order valence-electron chi connectivity index (χ1n) is 10.8. The highest BCUT2D eigenvalue weighted by Gasteiger charge is 2.31. The van der Waals surface area contributed by atoms with E-state index >= 15 is 0 Å². The first kappa shape index (κ1) is 18.3. The van der Waals surface area contributed by atoms with Gasteiger partial charge in [-0.25, -0.2) is 4.98 Å². The van der Waals surface area contributed by atoms with Gasteiger partial charge < -0.3 is 14.8 Å². The van der Waals surface area contributed by atoms with Crippen LogP contribution in [0.25, 0.3) is 10.2 Å². The van der Waals surface area contributed by atoms with Crippen LogP contribution in [0.1, 0.15) is 54.8 Å². The van der Waals surface area contributed by atoms with Crippen LogP contribution in [0.3, 0.4) is 0 Å². The standard InChI is InChI=1S/C21H28N4O2S/c26-19-18-15-7-3-4-8-16(15)28-20(18)23-17(22-19)13-24-9-11-25(12-10-24)21(27)14-5-1-2-6-14/h14H,1-13H2,(H,22,23,26)/p+1. The van der Waals surface area contributed by atoms with Crippen LogP contribution in [0.2, 0.25) is 0 Å². The van der Waals surface area contributed by atoms with Crippen molar-refractivity contribution in [3.63, 3.8) is 0 Å². The summed E-state index contributed by atoms with van der Waals surface area (Å²) in [6.45, 7) is 4.25. The van der Waals surface area contributed by atoms with Crippen LogP contribution in [0, 0.1) is 5.92 Å². The summed E-state index contributed by atoms with van der Waals surface area (Å²) in [5.74, 6) is 1.43. The third kappa shape index (κ3) is 3.39. The number of nitrogens with zero attached hydrogens (tertiary/aromatic N) is 2. The van der Waals surface area contributed by atoms with Gasteiger partial charge in [-0.1, -0.05) is 12.8 Å². The van der Waals surface area contributed by atoms with Crippen LogP contribution in [-0.2, 0) is 24.2 Å². The summed E-state index contributed by atoms with van der Waals surface area (Å²) in [5, 5.41) is 0.838. The maximum atomic E-state index is 12.7. The fourth-order valence-corrected chi connectivity index (χ4v) is 6.46. The summed E-state index contributed by atoms with van der Waals surface area (Å²) in [6, 6.07) is 0. The lowest BCUT2D eigenvalue weighted by Crippen LogP contribution is -3.13. The number of aryl methyl sites for hydroxylation is 2. The van der Waals surface area contributed by atoms with Gasteiger partial charge in [-0.05, 0) is 44.1 Å². The number of carbonyl (C=O) groups is 1. The minimum Gasteiger partial charge on any atom is -0.331 e. The van der Waals surface area contributed by atoms with E-state index in [0.29, 0.717) is 5.91 Å². The van der Waals surface area contributed by atoms with Crippen molar-refractivity contribution in [3.05, 3.63) is 26.6 Å². The normalized spacial score (nSPS) is 21.4. The molecule has 0 unspecified atom stereocenters. The predicted molar refractivity (Wildman–Crippen MR) is 110 cm³/mol. The second-order valence-electron chi connectivity index (χ2n) is 8.64. The lowest BCUT2D eigenvalue weighted by molar-refractivity contribution is -0.918. The van der Waals surface area contributed by atoms with Gasteiger partial charge in [-0.15, -0.1) is 11.3 Å². The molecule has 150 valence electrons. The van der Waals surface area contributed by atoms with E-state index < -0.39 is 0 Å². The quantitative estimate of drug-likeness (QED) is 0.814. The number of aromatic amines is 1. The van der Waals surface area contributed by atoms with Crippen molar-refractivity contribution in [1.82, 2.24) is 14.9 Å². The largest absolute Gasteiger partial charge is 0.331 e. The molecule has 3 aliphatic rings. The Bertz CT molecular complexity index is 936. The van der Waals surface area contributed by atoms with E-state index in [1.54, 1.807) is 11.3 Å². The number of piperazine rings is 1. The number of H-pyrrole nitrogens is 1. The molecule has 2 aromatic rings. The third-order valence-electron chi connectivity index (χ3n) is 6.78. The van der Waals surface area contributed by atoms with Gasteiger partial charge in [0.25, 0.3) is 5.56 Å². The Morgan fingerprint density at radius 3 is 2.68 bits per heavy atom. The minimum atomic E-state index is 0.0360. The molecule has 0 spiro atoms. The molecule has 7 heteroatoms. The highest BCUT2D eigenvalue weighted by atomic mass is 32.1. The van der Waals surface area contributed by atoms with E-state index in [9.17, 15) is 9.59 Å². The van der Waals surface area contributed by atoms with Crippen LogP contribution in [0.15, 0.2) is 4.79 Å². The SMILES string of the molecule is O=C(C1CCCC1)N1CC[NH+](Cc2nc3sc4c(c3c(=O)[nH]2)CCCC4)CC1. The molecule has 1 saturated heterocycles. The summed E-state index contributed by atoms with van der Waals surface area (Å²) < 4.78 is 0. The maximum Gasteiger partial charge on any atom is 0.260 e. The molecule has 28 heavy (non-hydrogen) atoms. The Hall–Kier alpha value is -1.73. The fraction of sp³-hybridized carbons (Fsp3) is 0.667. The first-order chi connectivity index (χ1) is 13.7. The van der Waals surface area contributed by atoms with Gasteiger partial charge in [-0.3, -0.25) is 9.59 Å². The van der Waals surface area contributed by atoms with Gasteiger partial charge >= 0.3 is 0 Å². The summed E-state index contributed by atoms with van der Waals surface area (Å²) in [6.07, 6.45) is 9.05. The Kier molecular flexibility index (Phi) is 4.97. The number of fused-ring (bicyclic) bond motifs is 3. The number of hydrogen-bond donors (Lipinski definition) is 2. The topological polar surface area (TPSA) is 70.5 Å². The lowest BCUT2D eigenvalue weighted by atomic mass is 9.97. The van der Waals surface area contributed by atoms with Crippen molar-refractivity contribution in [1.29, 1.82) is 0 Å². The van der Waals surface area contributed by atoms with Crippen molar-refractivity contribution < 1.29 is 9.69 Å². The second-order valence-corrected chi connectivity index (χ2v) is 9.72. The van der Waals surface area contributed by atoms with Crippen LogP contribution in [-0.4, -0.2) is 47.0 Å². The highest BCUT2D eigenvalue weighted by molar-refractivity contribution is 7.18. The predicted octanol–water partition coefficient (Wildman–Crippen LogP) is 1.28. The summed E-state index contributed by atoms with van der Waals surface area (Å²) >= 11 is 1.72. The van der Waals surface area contributed by atoms with Gasteiger partial charge in [0.15, 0.2) is 5.82 Å². The van der Waals surface area contributed by atoms with E-state index in [0.717, 1.165) is 74.4 Å². The van der Waals surface area contributed by atoms with Crippen LogP contribution < -0.4 is 10.5 Å². The van der Waals surface area contributed by atoms with Crippen molar-refractivity contribution in [3.8, 4) is 0 Å². The molecule has 2 aromatic heterocycles. The number of rotatable bonds is 3. The summed E-state index contributed by atoms with van der Waals surface area (Å²) in [4.78, 5) is 38.9. The highest BCUT2D eigenvalue weighted by Crippen LogP contribution is 2.33. The van der Waals surface area contributed by atoms with Gasteiger partial charge in [0.1, 0.15) is 11.4 Å². The van der Waals surface area contributed by atoms with Crippen molar-refractivity contribution in [2.75, 3.05) is 26.2 Å². The van der Waals surface area contributed by atoms with Gasteiger partial charge in [0.05, 0.1) is 31.6 Å². The van der Waals surface area contributed by atoms with Gasteiger partial charge in [0.2, 0.25) is 5.91 Å². The Morgan fingerprint density at radius 2 is 1.89 bits per heavy atom. The van der Waals surface area contributed by atoms with Crippen LogP contribution >= 0.6 is 11.3 Å². The van der Waals surface area contributed by atoms with Gasteiger partial charge in [-0.2, -0.15) is 0 Å². The Balaban J connectivity index is 1.26. The van der Waals surface area contributed by atoms with E-state index in [1.807, 2.05) is 0 Å². The van der Waals surface area contributed by atoms with Crippen molar-refractivity contribution in [2.24, 2.45) is 5.92 Å². The van der Waals surface area contributed by atoms with Crippen molar-refractivity contribution in [2.45, 2.75) is 57.9 Å². The molecule has 0 atom stereocenters. The lowest BCUT2D eigenvalue weighted by Gasteiger charge is -2.33. The van der Waals surface area contributed by atoms with Crippen LogP contribution in [0.4, 0.5) is 0 Å². The maximum absolute atomic E-state index is 12.7. The number of thiophene rings is 1. The summed E-state index contributed by atoms with van der Waals surface area (Å²) in [5.41, 5.74) is 1.28. The Labute approximate surface area is 168 Å². The molecule has 0 aromatic carbocycles. The molecular formula is C21H29N4O2S+. The average Bonchev–Trinajstić information content (AvgIpc) is 3.36. The molecule has 1 amide bonds. The molecule has 2 aliphatic carbocycles. The van der Waals surface area contributed by atoms with Crippen molar-refractivity contribution >= 4 is 27.5 Å². The molecule has 2 N–H and O–H groups in total. The number of hydrogen-bond acceptors (Lipinski definition) is 4. The zero-order chi connectivity index (χ0) is 19.1. The van der Waals surface area contributed by atoms with E-state index in [4.69, 9.17) is 4.98 Å². The number of quaternary nitrogens is 1. The van der Waals surface area contributed by atoms with Crippen LogP contribution in [0.5, 0.6) is 0 Å². The molecule has 2 fully saturated rings. The Morgan fingerprint density at radius 1 is 1.14 bits per heavy atom. The summed E-state index contributed by atoms with van der Waals surface area (Å²) in [7, 11) is 0. The number of carbonyl (C=O) groups excluding carboxylic acids is 1. The van der Waals surface area contributed by atoms with E-state index in [1.165, 1.54) is 41.0 Å². The third-order valence-corrected chi connectivity index (χ3v) is 7.96. The number of aromatic nitrogens is 2. The zero-order valence-corrected chi connectivity index (χ0v) is 17.2. The molecular weight excluding hydrogens is 372 g/mol. The molecule has 0 bridgehead atoms. The fourth-order valence-electron chi connectivity index (χ4n) is 5.18. The molecule has 0 radical (unpaired) electrons. The van der Waals surface area contributed by atoms with Gasteiger partial charge in [0, 0.05) is 10.8 Å². The molecule has 1 aliphatic heterocycles. The average molecular weight is 402 g/mol. The second kappa shape index (κ2) is 7.59.